The largest absolute Gasteiger partial charge is 0.459 e. The van der Waals surface area contributed by atoms with Crippen molar-refractivity contribution in [1.29, 1.82) is 0 Å². The van der Waals surface area contributed by atoms with Crippen LogP contribution in [0.2, 0.25) is 0 Å². The number of carbonyl (C=O) groups is 2. The third-order valence-electron chi connectivity index (χ3n) is 5.23. The molecule has 2 amide bonds. The van der Waals surface area contributed by atoms with Crippen molar-refractivity contribution in [3.05, 3.63) is 41.1 Å². The number of H-pyrrole nitrogens is 1. The van der Waals surface area contributed by atoms with E-state index in [4.69, 9.17) is 4.42 Å². The van der Waals surface area contributed by atoms with Crippen LogP contribution < -0.4 is 0 Å². The van der Waals surface area contributed by atoms with Crippen molar-refractivity contribution in [3.63, 3.8) is 0 Å². The minimum atomic E-state index is -0.151. The molecule has 1 saturated heterocycles. The quantitative estimate of drug-likeness (QED) is 0.906. The fraction of sp³-hybridized carbons (Fsp3) is 0.500. The van der Waals surface area contributed by atoms with Crippen molar-refractivity contribution in [3.8, 4) is 0 Å². The molecule has 1 fully saturated rings. The van der Waals surface area contributed by atoms with Crippen molar-refractivity contribution >= 4 is 11.8 Å². The van der Waals surface area contributed by atoms with E-state index in [-0.39, 0.29) is 11.8 Å². The highest BCUT2D eigenvalue weighted by Crippen LogP contribution is 2.25. The van der Waals surface area contributed by atoms with E-state index in [9.17, 15) is 9.59 Å². The molecule has 0 atom stereocenters. The van der Waals surface area contributed by atoms with Crippen LogP contribution in [0.5, 0.6) is 0 Å². The van der Waals surface area contributed by atoms with Gasteiger partial charge in [0.1, 0.15) is 0 Å². The zero-order valence-corrected chi connectivity index (χ0v) is 14.3. The average molecular weight is 342 g/mol. The molecule has 2 aromatic heterocycles. The number of fused-ring (bicyclic) bond motifs is 1. The van der Waals surface area contributed by atoms with Crippen molar-refractivity contribution in [2.45, 2.75) is 32.7 Å². The highest BCUT2D eigenvalue weighted by Gasteiger charge is 2.31. The van der Waals surface area contributed by atoms with E-state index >= 15 is 0 Å². The van der Waals surface area contributed by atoms with Crippen molar-refractivity contribution < 1.29 is 14.0 Å². The molecule has 0 saturated carbocycles. The Morgan fingerprint density at radius 1 is 1.20 bits per heavy atom. The highest BCUT2D eigenvalue weighted by atomic mass is 16.3. The summed E-state index contributed by atoms with van der Waals surface area (Å²) >= 11 is 0. The molecule has 0 radical (unpaired) electrons. The smallest absolute Gasteiger partial charge is 0.289 e. The predicted octanol–water partition coefficient (Wildman–Crippen LogP) is 2.07. The second-order valence-corrected chi connectivity index (χ2v) is 6.96. The van der Waals surface area contributed by atoms with Gasteiger partial charge < -0.3 is 14.2 Å². The van der Waals surface area contributed by atoms with E-state index in [2.05, 4.69) is 17.1 Å². The van der Waals surface area contributed by atoms with Gasteiger partial charge in [-0.1, -0.05) is 6.92 Å². The zero-order valence-electron chi connectivity index (χ0n) is 14.3. The molecule has 2 aliphatic rings. The normalized spacial score (nSPS) is 18.3. The lowest BCUT2D eigenvalue weighted by molar-refractivity contribution is 0.0668. The first-order chi connectivity index (χ1) is 12.1. The van der Waals surface area contributed by atoms with Crippen LogP contribution in [0.25, 0.3) is 0 Å². The van der Waals surface area contributed by atoms with E-state index < -0.39 is 0 Å². The van der Waals surface area contributed by atoms with E-state index in [0.717, 1.165) is 37.2 Å². The number of likely N-dealkylation sites (tertiary alicyclic amines) is 1. The van der Waals surface area contributed by atoms with Crippen LogP contribution in [-0.2, 0) is 13.0 Å². The molecule has 132 valence electrons. The molecule has 2 aromatic rings. The van der Waals surface area contributed by atoms with Gasteiger partial charge in [0.15, 0.2) is 11.5 Å². The molecule has 7 heteroatoms. The second kappa shape index (κ2) is 6.38. The minimum Gasteiger partial charge on any atom is -0.459 e. The Bertz CT molecular complexity index is 772. The average Bonchev–Trinajstić information content (AvgIpc) is 3.30. The summed E-state index contributed by atoms with van der Waals surface area (Å²) in [6, 6.07) is 3.36. The summed E-state index contributed by atoms with van der Waals surface area (Å²) < 4.78 is 5.21. The minimum absolute atomic E-state index is 0.0308. The topological polar surface area (TPSA) is 82.4 Å². The number of hydrogen-bond donors (Lipinski definition) is 1. The second-order valence-electron chi connectivity index (χ2n) is 6.96. The number of nitrogens with one attached hydrogen (secondary N) is 1. The number of hydrogen-bond acceptors (Lipinski definition) is 4. The summed E-state index contributed by atoms with van der Waals surface area (Å²) in [5.41, 5.74) is 2.26. The molecular weight excluding hydrogens is 320 g/mol. The van der Waals surface area contributed by atoms with Gasteiger partial charge in [-0.25, -0.2) is 0 Å². The van der Waals surface area contributed by atoms with Crippen LogP contribution in [0.1, 0.15) is 52.1 Å². The molecule has 0 spiro atoms. The fourth-order valence-corrected chi connectivity index (χ4v) is 3.56. The van der Waals surface area contributed by atoms with Crippen molar-refractivity contribution in [2.75, 3.05) is 19.6 Å². The molecular formula is C18H22N4O3. The first-order valence-electron chi connectivity index (χ1n) is 8.81. The number of furan rings is 1. The highest BCUT2D eigenvalue weighted by molar-refractivity contribution is 5.95. The van der Waals surface area contributed by atoms with Gasteiger partial charge in [0.25, 0.3) is 11.8 Å². The van der Waals surface area contributed by atoms with Crippen LogP contribution in [-0.4, -0.2) is 51.4 Å². The molecule has 4 rings (SSSR count). The summed E-state index contributed by atoms with van der Waals surface area (Å²) in [5, 5.41) is 7.26. The van der Waals surface area contributed by atoms with Crippen molar-refractivity contribution in [1.82, 2.24) is 20.0 Å². The molecule has 0 unspecified atom stereocenters. The summed E-state index contributed by atoms with van der Waals surface area (Å²) in [6.45, 7) is 4.74. The number of aromatic nitrogens is 2. The lowest BCUT2D eigenvalue weighted by atomic mass is 9.98. The maximum absolute atomic E-state index is 12.9. The van der Waals surface area contributed by atoms with Crippen LogP contribution in [0.3, 0.4) is 0 Å². The maximum atomic E-state index is 12.9. The zero-order chi connectivity index (χ0) is 17.4. The predicted molar refractivity (Wildman–Crippen MR) is 90.0 cm³/mol. The van der Waals surface area contributed by atoms with Crippen molar-refractivity contribution in [2.24, 2.45) is 5.92 Å². The molecule has 25 heavy (non-hydrogen) atoms. The lowest BCUT2D eigenvalue weighted by Crippen LogP contribution is -2.40. The Hall–Kier alpha value is -2.57. The first-order valence-corrected chi connectivity index (χ1v) is 8.81. The fourth-order valence-electron chi connectivity index (χ4n) is 3.56. The maximum Gasteiger partial charge on any atom is 0.289 e. The molecule has 0 bridgehead atoms. The van der Waals surface area contributed by atoms with Crippen LogP contribution in [0.4, 0.5) is 0 Å². The number of nitrogens with zero attached hydrogens (tertiary/aromatic N) is 3. The van der Waals surface area contributed by atoms with Gasteiger partial charge in [-0.05, 0) is 30.9 Å². The third-order valence-corrected chi connectivity index (χ3v) is 5.23. The van der Waals surface area contributed by atoms with Gasteiger partial charge in [0.05, 0.1) is 12.8 Å². The number of rotatable bonds is 2. The standard InChI is InChI=1S/C18H22N4O3/c1-12-4-7-21(8-5-12)18(24)16-13-11-22(9-6-14(13)19-20-16)17(23)15-3-2-10-25-15/h2-3,10,12H,4-9,11H2,1H3,(H,19,20). The summed E-state index contributed by atoms with van der Waals surface area (Å²) in [5.74, 6) is 0.808. The Balaban J connectivity index is 1.53. The van der Waals surface area contributed by atoms with Crippen LogP contribution in [0, 0.1) is 5.92 Å². The van der Waals surface area contributed by atoms with Crippen LogP contribution >= 0.6 is 0 Å². The SMILES string of the molecule is CC1CCN(C(=O)c2n[nH]c3c2CN(C(=O)c2ccco2)CC3)CC1. The van der Waals surface area contributed by atoms with Gasteiger partial charge in [0.2, 0.25) is 0 Å². The Kier molecular flexibility index (Phi) is 4.07. The van der Waals surface area contributed by atoms with E-state index in [0.29, 0.717) is 36.9 Å². The third kappa shape index (κ3) is 2.94. The molecule has 1 N–H and O–H groups in total. The number of piperidine rings is 1. The Labute approximate surface area is 146 Å². The van der Waals surface area contributed by atoms with Gasteiger partial charge in [-0.15, -0.1) is 0 Å². The number of carbonyl (C=O) groups excluding carboxylic acids is 2. The summed E-state index contributed by atoms with van der Waals surface area (Å²) in [7, 11) is 0. The first kappa shape index (κ1) is 15.9. The van der Waals surface area contributed by atoms with E-state index in [1.807, 2.05) is 4.90 Å². The van der Waals surface area contributed by atoms with Crippen LogP contribution in [0.15, 0.2) is 22.8 Å². The summed E-state index contributed by atoms with van der Waals surface area (Å²) in [4.78, 5) is 29.0. The number of amides is 2. The monoisotopic (exact) mass is 342 g/mol. The molecule has 2 aliphatic heterocycles. The van der Waals surface area contributed by atoms with E-state index in [1.165, 1.54) is 6.26 Å². The molecule has 7 nitrogen and oxygen atoms in total. The van der Waals surface area contributed by atoms with Gasteiger partial charge in [-0.2, -0.15) is 5.10 Å². The van der Waals surface area contributed by atoms with Gasteiger partial charge >= 0.3 is 0 Å². The van der Waals surface area contributed by atoms with Gasteiger partial charge in [-0.3, -0.25) is 14.7 Å². The Morgan fingerprint density at radius 2 is 2.00 bits per heavy atom. The molecule has 0 aliphatic carbocycles. The summed E-state index contributed by atoms with van der Waals surface area (Å²) in [6.07, 6.45) is 4.22. The molecule has 4 heterocycles. The number of aromatic amines is 1. The van der Waals surface area contributed by atoms with E-state index in [1.54, 1.807) is 17.0 Å². The lowest BCUT2D eigenvalue weighted by Gasteiger charge is -2.31. The Morgan fingerprint density at radius 3 is 2.72 bits per heavy atom. The van der Waals surface area contributed by atoms with Gasteiger partial charge in [0, 0.05) is 37.3 Å². The molecule has 0 aromatic carbocycles.